The molecule has 2 aromatic carbocycles. The van der Waals surface area contributed by atoms with Crippen LogP contribution in [0.25, 0.3) is 22.0 Å². The molecule has 3 rings (SSSR count). The zero-order chi connectivity index (χ0) is 20.0. The van der Waals surface area contributed by atoms with Crippen LogP contribution in [0.3, 0.4) is 0 Å². The maximum absolute atomic E-state index is 9.33. The Bertz CT molecular complexity index is 1020. The Balaban J connectivity index is 0.000000380. The molecule has 0 aliphatic carbocycles. The summed E-state index contributed by atoms with van der Waals surface area (Å²) in [5.41, 5.74) is 2.35. The molecule has 7 nitrogen and oxygen atoms in total. The van der Waals surface area contributed by atoms with Gasteiger partial charge in [0.2, 0.25) is 5.69 Å². The van der Waals surface area contributed by atoms with Crippen molar-refractivity contribution in [2.75, 3.05) is 21.3 Å². The zero-order valence-corrected chi connectivity index (χ0v) is 16.4. The summed E-state index contributed by atoms with van der Waals surface area (Å²) in [6.07, 6.45) is 2.11. The highest BCUT2D eigenvalue weighted by molar-refractivity contribution is 7.80. The van der Waals surface area contributed by atoms with Crippen molar-refractivity contribution in [3.05, 3.63) is 54.7 Å². The third-order valence-electron chi connectivity index (χ3n) is 3.87. The second-order valence-electron chi connectivity index (χ2n) is 5.57. The molecular weight excluding hydrogens is 370 g/mol. The number of fused-ring (bicyclic) bond motifs is 1. The van der Waals surface area contributed by atoms with Gasteiger partial charge in [0.05, 0.1) is 21.3 Å². The second kappa shape index (κ2) is 8.81. The third-order valence-corrected chi connectivity index (χ3v) is 4.30. The molecule has 27 heavy (non-hydrogen) atoms. The Labute approximate surface area is 158 Å². The highest BCUT2D eigenvalue weighted by Gasteiger charge is 2.14. The van der Waals surface area contributed by atoms with Crippen molar-refractivity contribution in [2.24, 2.45) is 7.05 Å². The SMILES string of the molecule is COS(=O)(=O)O.COc1cc2cc(-c3ccccc3)[n+](C)cc2cc1OC. The molecule has 0 amide bonds. The molecule has 1 heterocycles. The van der Waals surface area contributed by atoms with E-state index in [1.54, 1.807) is 14.2 Å². The highest BCUT2D eigenvalue weighted by Crippen LogP contribution is 2.32. The average molecular weight is 392 g/mol. The van der Waals surface area contributed by atoms with Gasteiger partial charge in [-0.15, -0.1) is 0 Å². The van der Waals surface area contributed by atoms with Gasteiger partial charge in [0.15, 0.2) is 17.7 Å². The molecule has 0 unspecified atom stereocenters. The van der Waals surface area contributed by atoms with Gasteiger partial charge in [-0.05, 0) is 29.7 Å². The summed E-state index contributed by atoms with van der Waals surface area (Å²) in [6, 6.07) is 16.5. The van der Waals surface area contributed by atoms with Crippen molar-refractivity contribution in [2.45, 2.75) is 0 Å². The maximum atomic E-state index is 9.33. The quantitative estimate of drug-likeness (QED) is 0.543. The van der Waals surface area contributed by atoms with E-state index in [1.807, 2.05) is 30.3 Å². The Morgan fingerprint density at radius 3 is 1.89 bits per heavy atom. The monoisotopic (exact) mass is 392 g/mol. The average Bonchev–Trinajstić information content (AvgIpc) is 2.67. The number of hydrogen-bond acceptors (Lipinski definition) is 5. The zero-order valence-electron chi connectivity index (χ0n) is 15.5. The highest BCUT2D eigenvalue weighted by atomic mass is 32.3. The predicted octanol–water partition coefficient (Wildman–Crippen LogP) is 2.78. The van der Waals surface area contributed by atoms with Crippen LogP contribution in [-0.4, -0.2) is 34.3 Å². The molecule has 0 saturated carbocycles. The molecule has 0 aliphatic heterocycles. The van der Waals surface area contributed by atoms with Gasteiger partial charge < -0.3 is 9.47 Å². The molecule has 0 bridgehead atoms. The lowest BCUT2D eigenvalue weighted by Crippen LogP contribution is -2.30. The Kier molecular flexibility index (Phi) is 6.73. The van der Waals surface area contributed by atoms with E-state index in [-0.39, 0.29) is 0 Å². The number of hydrogen-bond donors (Lipinski definition) is 1. The number of rotatable bonds is 4. The van der Waals surface area contributed by atoms with Crippen molar-refractivity contribution in [1.29, 1.82) is 0 Å². The van der Waals surface area contributed by atoms with E-state index in [2.05, 4.69) is 40.2 Å². The summed E-state index contributed by atoms with van der Waals surface area (Å²) >= 11 is 0. The summed E-state index contributed by atoms with van der Waals surface area (Å²) in [6.45, 7) is 0. The largest absolute Gasteiger partial charge is 0.493 e. The summed E-state index contributed by atoms with van der Waals surface area (Å²) < 4.78 is 42.6. The molecule has 0 radical (unpaired) electrons. The van der Waals surface area contributed by atoms with Crippen LogP contribution in [0.15, 0.2) is 54.7 Å². The van der Waals surface area contributed by atoms with Gasteiger partial charge in [0.1, 0.15) is 7.05 Å². The molecule has 0 atom stereocenters. The smallest absolute Gasteiger partial charge is 0.397 e. The normalized spacial score (nSPS) is 10.9. The number of pyridine rings is 1. The van der Waals surface area contributed by atoms with E-state index in [9.17, 15) is 8.42 Å². The summed E-state index contributed by atoms with van der Waals surface area (Å²) in [7, 11) is 2.07. The first-order valence-electron chi connectivity index (χ1n) is 7.93. The maximum Gasteiger partial charge on any atom is 0.397 e. The van der Waals surface area contributed by atoms with E-state index in [0.29, 0.717) is 0 Å². The van der Waals surface area contributed by atoms with Crippen molar-refractivity contribution < 1.29 is 31.2 Å². The first-order chi connectivity index (χ1) is 12.8. The standard InChI is InChI=1S/C18H18NO2.CH4O4S/c1-19-12-15-11-18(21-3)17(20-2)10-14(15)9-16(19)13-7-5-4-6-8-13;1-5-6(2,3)4/h4-12H,1-3H3;1H3,(H,2,3,4)/q+1;. The van der Waals surface area contributed by atoms with Crippen molar-refractivity contribution in [3.63, 3.8) is 0 Å². The minimum Gasteiger partial charge on any atom is -0.493 e. The molecule has 1 aromatic heterocycles. The molecule has 0 spiro atoms. The van der Waals surface area contributed by atoms with E-state index in [1.165, 1.54) is 5.56 Å². The van der Waals surface area contributed by atoms with Gasteiger partial charge >= 0.3 is 10.4 Å². The number of nitrogens with zero attached hydrogens (tertiary/aromatic N) is 1. The second-order valence-corrected chi connectivity index (χ2v) is 6.75. The molecule has 144 valence electrons. The third kappa shape index (κ3) is 5.40. The first kappa shape index (κ1) is 20.6. The summed E-state index contributed by atoms with van der Waals surface area (Å²) in [5.74, 6) is 1.50. The lowest BCUT2D eigenvalue weighted by molar-refractivity contribution is -0.659. The molecule has 3 aromatic rings. The Morgan fingerprint density at radius 2 is 1.41 bits per heavy atom. The number of benzene rings is 2. The fourth-order valence-electron chi connectivity index (χ4n) is 2.57. The van der Waals surface area contributed by atoms with Gasteiger partial charge in [0, 0.05) is 17.0 Å². The molecule has 1 N–H and O–H groups in total. The van der Waals surface area contributed by atoms with Crippen LogP contribution < -0.4 is 14.0 Å². The molecule has 8 heteroatoms. The lowest BCUT2D eigenvalue weighted by atomic mass is 10.1. The van der Waals surface area contributed by atoms with Gasteiger partial charge in [-0.25, -0.2) is 4.57 Å². The minimum atomic E-state index is -4.16. The van der Waals surface area contributed by atoms with Crippen molar-refractivity contribution in [1.82, 2.24) is 0 Å². The number of methoxy groups -OCH3 is 2. The molecule has 0 fully saturated rings. The molecule has 0 saturated heterocycles. The van der Waals surface area contributed by atoms with E-state index in [0.717, 1.165) is 35.1 Å². The fourth-order valence-corrected chi connectivity index (χ4v) is 2.57. The van der Waals surface area contributed by atoms with Crippen LogP contribution in [0.4, 0.5) is 0 Å². The van der Waals surface area contributed by atoms with Gasteiger partial charge in [-0.1, -0.05) is 18.2 Å². The van der Waals surface area contributed by atoms with Crippen molar-refractivity contribution >= 4 is 21.2 Å². The summed E-state index contributed by atoms with van der Waals surface area (Å²) in [5, 5.41) is 2.25. The summed E-state index contributed by atoms with van der Waals surface area (Å²) in [4.78, 5) is 0. The van der Waals surface area contributed by atoms with Crippen LogP contribution in [0.1, 0.15) is 0 Å². The number of aryl methyl sites for hydroxylation is 1. The number of ether oxygens (including phenoxy) is 2. The van der Waals surface area contributed by atoms with Gasteiger partial charge in [0.25, 0.3) is 0 Å². The van der Waals surface area contributed by atoms with Crippen LogP contribution in [0.5, 0.6) is 11.5 Å². The Hall–Kier alpha value is -2.68. The molecular formula is C19H22NO6S+. The minimum absolute atomic E-state index is 0.748. The number of aromatic nitrogens is 1. The van der Waals surface area contributed by atoms with Crippen LogP contribution in [-0.2, 0) is 21.6 Å². The van der Waals surface area contributed by atoms with Gasteiger partial charge in [-0.2, -0.15) is 8.42 Å². The van der Waals surface area contributed by atoms with E-state index < -0.39 is 10.4 Å². The van der Waals surface area contributed by atoms with Gasteiger partial charge in [-0.3, -0.25) is 8.74 Å². The first-order valence-corrected chi connectivity index (χ1v) is 9.29. The van der Waals surface area contributed by atoms with Crippen molar-refractivity contribution in [3.8, 4) is 22.8 Å². The topological polar surface area (TPSA) is 85.9 Å². The Morgan fingerprint density at radius 1 is 0.889 bits per heavy atom. The predicted molar refractivity (Wildman–Crippen MR) is 102 cm³/mol. The van der Waals surface area contributed by atoms with E-state index >= 15 is 0 Å². The van der Waals surface area contributed by atoms with Crippen LogP contribution >= 0.6 is 0 Å². The lowest BCUT2D eigenvalue weighted by Gasteiger charge is -2.09. The van der Waals surface area contributed by atoms with E-state index in [4.69, 9.17) is 14.0 Å². The van der Waals surface area contributed by atoms with Crippen LogP contribution in [0.2, 0.25) is 0 Å². The van der Waals surface area contributed by atoms with Crippen LogP contribution in [0, 0.1) is 0 Å². The molecule has 0 aliphatic rings. The fraction of sp³-hybridized carbons (Fsp3) is 0.211.